The van der Waals surface area contributed by atoms with Gasteiger partial charge in [-0.1, -0.05) is 30.3 Å². The van der Waals surface area contributed by atoms with E-state index in [0.717, 1.165) is 64.9 Å². The number of halogens is 1. The summed E-state index contributed by atoms with van der Waals surface area (Å²) in [6.07, 6.45) is 1.07. The molecule has 1 aliphatic heterocycles. The van der Waals surface area contributed by atoms with Crippen molar-refractivity contribution in [2.45, 2.75) is 39.3 Å². The second-order valence-electron chi connectivity index (χ2n) is 6.92. The van der Waals surface area contributed by atoms with Crippen molar-refractivity contribution in [3.05, 3.63) is 35.9 Å². The summed E-state index contributed by atoms with van der Waals surface area (Å²) in [6, 6.07) is 10.8. The van der Waals surface area contributed by atoms with E-state index in [1.165, 1.54) is 5.56 Å². The third-order valence-electron chi connectivity index (χ3n) is 4.78. The molecule has 160 valence electrons. The van der Waals surface area contributed by atoms with Gasteiger partial charge in [0.25, 0.3) is 0 Å². The standard InChI is InChI=1S/C21H36N4O2.HI/c1-4-22-21(24-17-18(2)25-12-15-26-16-13-25)23-11-8-14-27-19(3)20-9-6-5-7-10-20;/h5-7,9-10,18-19H,4,8,11-17H2,1-3H3,(H2,22,23,24);1H. The van der Waals surface area contributed by atoms with Crippen molar-refractivity contribution in [2.24, 2.45) is 4.99 Å². The van der Waals surface area contributed by atoms with Crippen molar-refractivity contribution in [1.29, 1.82) is 0 Å². The summed E-state index contributed by atoms with van der Waals surface area (Å²) >= 11 is 0. The second-order valence-corrected chi connectivity index (χ2v) is 6.92. The lowest BCUT2D eigenvalue weighted by molar-refractivity contribution is 0.0220. The molecule has 28 heavy (non-hydrogen) atoms. The van der Waals surface area contributed by atoms with Crippen LogP contribution in [0.25, 0.3) is 0 Å². The second kappa shape index (κ2) is 15.0. The van der Waals surface area contributed by atoms with Crippen molar-refractivity contribution < 1.29 is 9.47 Å². The van der Waals surface area contributed by atoms with Crippen molar-refractivity contribution in [1.82, 2.24) is 15.5 Å². The van der Waals surface area contributed by atoms with Crippen LogP contribution >= 0.6 is 24.0 Å². The smallest absolute Gasteiger partial charge is 0.191 e. The molecular weight excluding hydrogens is 467 g/mol. The molecule has 2 unspecified atom stereocenters. The Morgan fingerprint density at radius 3 is 2.57 bits per heavy atom. The molecule has 1 aliphatic rings. The number of ether oxygens (including phenoxy) is 2. The largest absolute Gasteiger partial charge is 0.379 e. The van der Waals surface area contributed by atoms with Gasteiger partial charge in [-0.25, -0.2) is 0 Å². The molecule has 1 fully saturated rings. The van der Waals surface area contributed by atoms with Gasteiger partial charge in [0.1, 0.15) is 0 Å². The fraction of sp³-hybridized carbons (Fsp3) is 0.667. The van der Waals surface area contributed by atoms with Crippen molar-refractivity contribution in [2.75, 3.05) is 52.5 Å². The van der Waals surface area contributed by atoms with Gasteiger partial charge in [-0.3, -0.25) is 9.89 Å². The predicted molar refractivity (Wildman–Crippen MR) is 127 cm³/mol. The monoisotopic (exact) mass is 504 g/mol. The van der Waals surface area contributed by atoms with E-state index >= 15 is 0 Å². The Morgan fingerprint density at radius 1 is 1.18 bits per heavy atom. The molecule has 2 N–H and O–H groups in total. The van der Waals surface area contributed by atoms with Crippen molar-refractivity contribution in [3.8, 4) is 0 Å². The molecule has 7 heteroatoms. The Labute approximate surface area is 187 Å². The highest BCUT2D eigenvalue weighted by Crippen LogP contribution is 2.15. The van der Waals surface area contributed by atoms with Crippen LogP contribution in [0.5, 0.6) is 0 Å². The van der Waals surface area contributed by atoms with Crippen molar-refractivity contribution >= 4 is 29.9 Å². The Hall–Kier alpha value is -0.900. The summed E-state index contributed by atoms with van der Waals surface area (Å²) in [7, 11) is 0. The van der Waals surface area contributed by atoms with E-state index in [1.54, 1.807) is 0 Å². The van der Waals surface area contributed by atoms with Crippen LogP contribution in [0.1, 0.15) is 38.9 Å². The first-order valence-corrected chi connectivity index (χ1v) is 10.2. The molecule has 1 heterocycles. The summed E-state index contributed by atoms with van der Waals surface area (Å²) in [6.45, 7) is 13.3. The number of nitrogens with one attached hydrogen (secondary N) is 2. The molecule has 0 bridgehead atoms. The summed E-state index contributed by atoms with van der Waals surface area (Å²) in [4.78, 5) is 7.18. The van der Waals surface area contributed by atoms with Gasteiger partial charge >= 0.3 is 0 Å². The number of hydrogen-bond acceptors (Lipinski definition) is 4. The summed E-state index contributed by atoms with van der Waals surface area (Å²) in [5.41, 5.74) is 1.22. The molecular formula is C21H37IN4O2. The zero-order valence-electron chi connectivity index (χ0n) is 17.5. The maximum Gasteiger partial charge on any atom is 0.191 e. The van der Waals surface area contributed by atoms with Gasteiger partial charge in [0.05, 0.1) is 25.9 Å². The summed E-state index contributed by atoms with van der Waals surface area (Å²) < 4.78 is 11.3. The van der Waals surface area contributed by atoms with Crippen LogP contribution in [-0.2, 0) is 9.47 Å². The van der Waals surface area contributed by atoms with Gasteiger partial charge < -0.3 is 20.1 Å². The first-order valence-electron chi connectivity index (χ1n) is 10.2. The van der Waals surface area contributed by atoms with Crippen LogP contribution in [0, 0.1) is 0 Å². The highest BCUT2D eigenvalue weighted by atomic mass is 127. The zero-order chi connectivity index (χ0) is 19.3. The lowest BCUT2D eigenvalue weighted by Gasteiger charge is -2.31. The molecule has 0 spiro atoms. The highest BCUT2D eigenvalue weighted by Gasteiger charge is 2.16. The SMILES string of the molecule is CCNC(=NCC(C)N1CCOCC1)NCCCOC(C)c1ccccc1.I. The molecule has 0 amide bonds. The Balaban J connectivity index is 0.00000392. The quantitative estimate of drug-likeness (QED) is 0.222. The first kappa shape index (κ1) is 25.1. The molecule has 6 nitrogen and oxygen atoms in total. The van der Waals surface area contributed by atoms with Gasteiger partial charge in [-0.15, -0.1) is 24.0 Å². The van der Waals surface area contributed by atoms with E-state index in [9.17, 15) is 0 Å². The van der Waals surface area contributed by atoms with E-state index in [2.05, 4.69) is 48.4 Å². The Morgan fingerprint density at radius 2 is 1.89 bits per heavy atom. The van der Waals surface area contributed by atoms with Gasteiger partial charge in [-0.2, -0.15) is 0 Å². The number of aliphatic imine (C=N–C) groups is 1. The summed E-state index contributed by atoms with van der Waals surface area (Å²) in [5, 5.41) is 6.73. The molecule has 2 atom stereocenters. The van der Waals surface area contributed by atoms with E-state index in [4.69, 9.17) is 14.5 Å². The average Bonchev–Trinajstić information content (AvgIpc) is 2.72. The molecule has 0 aliphatic carbocycles. The lowest BCUT2D eigenvalue weighted by Crippen LogP contribution is -2.44. The van der Waals surface area contributed by atoms with E-state index in [1.807, 2.05) is 18.2 Å². The molecule has 1 aromatic rings. The molecule has 0 saturated carbocycles. The maximum atomic E-state index is 5.93. The molecule has 1 saturated heterocycles. The number of rotatable bonds is 10. The van der Waals surface area contributed by atoms with E-state index in [0.29, 0.717) is 6.04 Å². The normalized spacial score (nSPS) is 17.5. The fourth-order valence-corrected chi connectivity index (χ4v) is 3.06. The number of morpholine rings is 1. The zero-order valence-corrected chi connectivity index (χ0v) is 19.9. The fourth-order valence-electron chi connectivity index (χ4n) is 3.06. The van der Waals surface area contributed by atoms with Crippen molar-refractivity contribution in [3.63, 3.8) is 0 Å². The maximum absolute atomic E-state index is 5.93. The van der Waals surface area contributed by atoms with Crippen LogP contribution in [0.2, 0.25) is 0 Å². The van der Waals surface area contributed by atoms with Crippen LogP contribution in [0.15, 0.2) is 35.3 Å². The minimum Gasteiger partial charge on any atom is -0.379 e. The Kier molecular flexibility index (Phi) is 13.5. The topological polar surface area (TPSA) is 58.1 Å². The molecule has 1 aromatic carbocycles. The number of hydrogen-bond donors (Lipinski definition) is 2. The van der Waals surface area contributed by atoms with Crippen LogP contribution in [-0.4, -0.2) is 69.4 Å². The predicted octanol–water partition coefficient (Wildman–Crippen LogP) is 3.05. The first-order chi connectivity index (χ1) is 13.2. The van der Waals surface area contributed by atoms with Crippen LogP contribution < -0.4 is 10.6 Å². The van der Waals surface area contributed by atoms with Crippen LogP contribution in [0.4, 0.5) is 0 Å². The summed E-state index contributed by atoms with van der Waals surface area (Å²) in [5.74, 6) is 0.883. The third-order valence-corrected chi connectivity index (χ3v) is 4.78. The average molecular weight is 504 g/mol. The number of benzene rings is 1. The molecule has 0 radical (unpaired) electrons. The highest BCUT2D eigenvalue weighted by molar-refractivity contribution is 14.0. The molecule has 2 rings (SSSR count). The number of guanidine groups is 1. The molecule has 0 aromatic heterocycles. The van der Waals surface area contributed by atoms with E-state index in [-0.39, 0.29) is 30.1 Å². The number of nitrogens with zero attached hydrogens (tertiary/aromatic N) is 2. The minimum atomic E-state index is 0. The van der Waals surface area contributed by atoms with Crippen LogP contribution in [0.3, 0.4) is 0 Å². The Bertz CT molecular complexity index is 538. The van der Waals surface area contributed by atoms with E-state index < -0.39 is 0 Å². The van der Waals surface area contributed by atoms with Gasteiger partial charge in [0, 0.05) is 38.8 Å². The lowest BCUT2D eigenvalue weighted by atomic mass is 10.1. The minimum absolute atomic E-state index is 0. The van der Waals surface area contributed by atoms with Gasteiger partial charge in [-0.05, 0) is 32.8 Å². The van der Waals surface area contributed by atoms with Gasteiger partial charge in [0.15, 0.2) is 5.96 Å². The third kappa shape index (κ3) is 9.54. The van der Waals surface area contributed by atoms with Gasteiger partial charge in [0.2, 0.25) is 0 Å².